The summed E-state index contributed by atoms with van der Waals surface area (Å²) in [6.45, 7) is 3.92. The third-order valence-electron chi connectivity index (χ3n) is 4.12. The number of hydrogen-bond acceptors (Lipinski definition) is 5. The van der Waals surface area contributed by atoms with Gasteiger partial charge in [0.05, 0.1) is 0 Å². The van der Waals surface area contributed by atoms with Gasteiger partial charge >= 0.3 is 13.6 Å². The summed E-state index contributed by atoms with van der Waals surface area (Å²) >= 11 is 0. The molecule has 1 aromatic rings. The molecule has 0 aliphatic carbocycles. The van der Waals surface area contributed by atoms with Crippen LogP contribution in [0.4, 0.5) is 0 Å². The van der Waals surface area contributed by atoms with Crippen molar-refractivity contribution in [1.82, 2.24) is 5.32 Å². The summed E-state index contributed by atoms with van der Waals surface area (Å²) in [4.78, 5) is 34.0. The summed E-state index contributed by atoms with van der Waals surface area (Å²) in [6, 6.07) is 9.42. The van der Waals surface area contributed by atoms with Gasteiger partial charge in [0, 0.05) is 6.42 Å². The second-order valence-electron chi connectivity index (χ2n) is 7.13. The van der Waals surface area contributed by atoms with E-state index in [1.54, 1.807) is 0 Å². The Morgan fingerprint density at radius 3 is 2.43 bits per heavy atom. The number of carbonyl (C=O) groups is 2. The molecule has 0 heterocycles. The molecule has 1 aromatic carbocycles. The van der Waals surface area contributed by atoms with Gasteiger partial charge in [-0.2, -0.15) is 0 Å². The minimum absolute atomic E-state index is 0.00387. The van der Waals surface area contributed by atoms with Gasteiger partial charge in [-0.15, -0.1) is 0 Å². The first-order valence-electron chi connectivity index (χ1n) is 9.42. The smallest absolute Gasteiger partial charge is 0.351 e. The molecule has 8 nitrogen and oxygen atoms in total. The molecule has 1 rings (SSSR count). The second-order valence-corrected chi connectivity index (χ2v) is 9.09. The molecule has 0 radical (unpaired) electrons. The van der Waals surface area contributed by atoms with Gasteiger partial charge in [-0.25, -0.2) is 4.79 Å². The Hall–Kier alpha value is -1.73. The van der Waals surface area contributed by atoms with Crippen LogP contribution < -0.4 is 11.1 Å². The molecule has 9 heteroatoms. The highest BCUT2D eigenvalue weighted by Gasteiger charge is 2.38. The molecule has 5 N–H and O–H groups in total. The molecule has 28 heavy (non-hydrogen) atoms. The Morgan fingerprint density at radius 2 is 1.89 bits per heavy atom. The molecule has 0 fully saturated rings. The van der Waals surface area contributed by atoms with Crippen LogP contribution in [0, 0.1) is 5.92 Å². The number of carboxylic acids is 1. The third-order valence-corrected chi connectivity index (χ3v) is 5.81. The van der Waals surface area contributed by atoms with Gasteiger partial charge in [0.15, 0.2) is 6.10 Å². The number of aryl methyl sites for hydroxylation is 1. The number of rotatable bonds is 13. The Morgan fingerprint density at radius 1 is 1.25 bits per heavy atom. The first kappa shape index (κ1) is 24.3. The van der Waals surface area contributed by atoms with Crippen molar-refractivity contribution in [3.05, 3.63) is 35.9 Å². The van der Waals surface area contributed by atoms with E-state index >= 15 is 0 Å². The van der Waals surface area contributed by atoms with E-state index < -0.39 is 25.5 Å². The molecular weight excluding hydrogens is 383 g/mol. The van der Waals surface area contributed by atoms with Crippen LogP contribution >= 0.6 is 7.60 Å². The maximum Gasteiger partial charge on any atom is 0.351 e. The molecule has 0 spiro atoms. The fourth-order valence-corrected chi connectivity index (χ4v) is 4.36. The zero-order chi connectivity index (χ0) is 21.2. The van der Waals surface area contributed by atoms with Gasteiger partial charge < -0.3 is 21.1 Å². The SMILES string of the molecule is CC(C)CC(NC(=O)CCc1ccccc1)P(=O)(O)O[C@H](CCCN)C(=O)O. The Kier molecular flexibility index (Phi) is 10.4. The minimum atomic E-state index is -4.41. The summed E-state index contributed by atoms with van der Waals surface area (Å²) in [6.07, 6.45) is -0.258. The first-order chi connectivity index (χ1) is 13.2. The highest BCUT2D eigenvalue weighted by molar-refractivity contribution is 7.53. The molecule has 0 aliphatic rings. The largest absolute Gasteiger partial charge is 0.479 e. The maximum atomic E-state index is 12.8. The first-order valence-corrected chi connectivity index (χ1v) is 11.1. The van der Waals surface area contributed by atoms with Gasteiger partial charge in [0.1, 0.15) is 5.78 Å². The van der Waals surface area contributed by atoms with E-state index in [-0.39, 0.29) is 37.6 Å². The van der Waals surface area contributed by atoms with E-state index in [2.05, 4.69) is 5.32 Å². The quantitative estimate of drug-likeness (QED) is 0.364. The molecule has 0 aliphatic heterocycles. The lowest BCUT2D eigenvalue weighted by Gasteiger charge is -2.27. The van der Waals surface area contributed by atoms with Gasteiger partial charge in [-0.3, -0.25) is 13.9 Å². The summed E-state index contributed by atoms with van der Waals surface area (Å²) < 4.78 is 17.8. The zero-order valence-electron chi connectivity index (χ0n) is 16.4. The summed E-state index contributed by atoms with van der Waals surface area (Å²) in [5.41, 5.74) is 6.36. The number of aliphatic carboxylic acids is 1. The Balaban J connectivity index is 2.78. The normalized spacial score (nSPS) is 15.6. The number of benzene rings is 1. The van der Waals surface area contributed by atoms with Crippen molar-refractivity contribution in [2.45, 2.75) is 57.8 Å². The molecule has 0 saturated heterocycles. The Bertz CT molecular complexity index is 668. The minimum Gasteiger partial charge on any atom is -0.479 e. The van der Waals surface area contributed by atoms with E-state index in [0.29, 0.717) is 12.8 Å². The molecule has 2 unspecified atom stereocenters. The summed E-state index contributed by atoms with van der Waals surface area (Å²) in [5.74, 6) is -2.89. The van der Waals surface area contributed by atoms with Crippen LogP contribution in [0.3, 0.4) is 0 Å². The van der Waals surface area contributed by atoms with Crippen molar-refractivity contribution in [3.8, 4) is 0 Å². The fourth-order valence-electron chi connectivity index (χ4n) is 2.66. The van der Waals surface area contributed by atoms with Gasteiger partial charge in [0.2, 0.25) is 5.91 Å². The predicted octanol–water partition coefficient (Wildman–Crippen LogP) is 2.50. The summed E-state index contributed by atoms with van der Waals surface area (Å²) in [5, 5.41) is 11.8. The number of nitrogens with two attached hydrogens (primary N) is 1. The van der Waals surface area contributed by atoms with Crippen LogP contribution in [0.2, 0.25) is 0 Å². The highest BCUT2D eigenvalue weighted by Crippen LogP contribution is 2.50. The lowest BCUT2D eigenvalue weighted by Crippen LogP contribution is -2.38. The van der Waals surface area contributed by atoms with Crippen LogP contribution in [-0.4, -0.2) is 40.3 Å². The fraction of sp³-hybridized carbons (Fsp3) is 0.579. The molecule has 158 valence electrons. The van der Waals surface area contributed by atoms with Crippen molar-refractivity contribution in [1.29, 1.82) is 0 Å². The lowest BCUT2D eigenvalue weighted by molar-refractivity contribution is -0.145. The average molecular weight is 414 g/mol. The molecule has 0 bridgehead atoms. The third kappa shape index (κ3) is 8.97. The van der Waals surface area contributed by atoms with Crippen molar-refractivity contribution < 1.29 is 28.7 Å². The van der Waals surface area contributed by atoms with Crippen LogP contribution in [-0.2, 0) is 25.1 Å². The monoisotopic (exact) mass is 414 g/mol. The second kappa shape index (κ2) is 12.0. The molecule has 0 saturated carbocycles. The van der Waals surface area contributed by atoms with E-state index in [4.69, 9.17) is 10.3 Å². The highest BCUT2D eigenvalue weighted by atomic mass is 31.2. The summed E-state index contributed by atoms with van der Waals surface area (Å²) in [7, 11) is -4.41. The topological polar surface area (TPSA) is 139 Å². The predicted molar refractivity (Wildman–Crippen MR) is 107 cm³/mol. The van der Waals surface area contributed by atoms with Crippen LogP contribution in [0.15, 0.2) is 30.3 Å². The maximum absolute atomic E-state index is 12.8. The van der Waals surface area contributed by atoms with Crippen molar-refractivity contribution in [3.63, 3.8) is 0 Å². The standard InChI is InChI=1S/C19H31N2O6P/c1-14(2)13-18(21-17(22)11-10-15-7-4-3-5-8-15)28(25,26)27-16(19(23)24)9-6-12-20/h3-5,7-8,14,16,18H,6,9-13,20H2,1-2H3,(H,21,22)(H,23,24)(H,25,26)/t16-,18?/m1/s1. The van der Waals surface area contributed by atoms with Crippen molar-refractivity contribution >= 4 is 19.5 Å². The number of amides is 1. The molecule has 3 atom stereocenters. The van der Waals surface area contributed by atoms with Crippen molar-refractivity contribution in [2.24, 2.45) is 11.7 Å². The zero-order valence-corrected chi connectivity index (χ0v) is 17.3. The van der Waals surface area contributed by atoms with E-state index in [9.17, 15) is 24.2 Å². The molecular formula is C19H31N2O6P. The van der Waals surface area contributed by atoms with Crippen LogP contribution in [0.5, 0.6) is 0 Å². The van der Waals surface area contributed by atoms with Gasteiger partial charge in [0.25, 0.3) is 0 Å². The van der Waals surface area contributed by atoms with Crippen LogP contribution in [0.25, 0.3) is 0 Å². The molecule has 0 aromatic heterocycles. The van der Waals surface area contributed by atoms with Gasteiger partial charge in [-0.1, -0.05) is 44.2 Å². The number of nitrogens with one attached hydrogen (secondary N) is 1. The number of hydrogen-bond donors (Lipinski definition) is 4. The average Bonchev–Trinajstić information content (AvgIpc) is 2.63. The van der Waals surface area contributed by atoms with Crippen molar-refractivity contribution in [2.75, 3.05) is 6.54 Å². The van der Waals surface area contributed by atoms with E-state index in [0.717, 1.165) is 5.56 Å². The lowest BCUT2D eigenvalue weighted by atomic mass is 10.1. The molecule has 1 amide bonds. The Labute approximate surface area is 166 Å². The van der Waals surface area contributed by atoms with Crippen LogP contribution in [0.1, 0.15) is 45.1 Å². The van der Waals surface area contributed by atoms with E-state index in [1.807, 2.05) is 44.2 Å². The van der Waals surface area contributed by atoms with E-state index in [1.165, 1.54) is 0 Å². The number of carbonyl (C=O) groups excluding carboxylic acids is 1. The van der Waals surface area contributed by atoms with Gasteiger partial charge in [-0.05, 0) is 43.7 Å². The number of carboxylic acid groups (broad SMARTS) is 1.